The molecule has 1 aliphatic rings. The van der Waals surface area contributed by atoms with Gasteiger partial charge in [0.05, 0.1) is 19.8 Å². The summed E-state index contributed by atoms with van der Waals surface area (Å²) in [5, 5.41) is 2.86. The van der Waals surface area contributed by atoms with Crippen LogP contribution in [-0.2, 0) is 9.53 Å². The molecule has 0 atom stereocenters. The third-order valence-electron chi connectivity index (χ3n) is 3.12. The van der Waals surface area contributed by atoms with Crippen LogP contribution in [0.1, 0.15) is 13.8 Å². The second-order valence-electron chi connectivity index (χ2n) is 5.25. The van der Waals surface area contributed by atoms with Crippen molar-refractivity contribution in [2.45, 2.75) is 13.8 Å². The Labute approximate surface area is 119 Å². The van der Waals surface area contributed by atoms with Crippen LogP contribution in [0.5, 0.6) is 11.5 Å². The lowest BCUT2D eigenvalue weighted by Crippen LogP contribution is -2.49. The van der Waals surface area contributed by atoms with Gasteiger partial charge in [0.1, 0.15) is 0 Å². The lowest BCUT2D eigenvalue weighted by Gasteiger charge is -2.37. The van der Waals surface area contributed by atoms with E-state index in [4.69, 9.17) is 14.2 Å². The predicted octanol–water partition coefficient (Wildman–Crippen LogP) is 1.62. The fourth-order valence-electron chi connectivity index (χ4n) is 1.90. The van der Waals surface area contributed by atoms with E-state index in [9.17, 15) is 4.79 Å². The van der Waals surface area contributed by atoms with Crippen molar-refractivity contribution in [3.63, 3.8) is 0 Å². The SMILES string of the molecule is CCOc1ccccc1OCC(=O)NCC1(C)COC1. The van der Waals surface area contributed by atoms with Gasteiger partial charge in [-0.15, -0.1) is 0 Å². The van der Waals surface area contributed by atoms with E-state index in [1.807, 2.05) is 25.1 Å². The van der Waals surface area contributed by atoms with Gasteiger partial charge in [-0.2, -0.15) is 0 Å². The van der Waals surface area contributed by atoms with E-state index < -0.39 is 0 Å². The van der Waals surface area contributed by atoms with Gasteiger partial charge in [-0.1, -0.05) is 19.1 Å². The number of para-hydroxylation sites is 2. The molecule has 0 bridgehead atoms. The molecule has 2 rings (SSSR count). The summed E-state index contributed by atoms with van der Waals surface area (Å²) in [7, 11) is 0. The Bertz CT molecular complexity index is 457. The molecule has 1 N–H and O–H groups in total. The first-order valence-electron chi connectivity index (χ1n) is 6.82. The zero-order chi connectivity index (χ0) is 14.4. The number of nitrogens with one attached hydrogen (secondary N) is 1. The van der Waals surface area contributed by atoms with E-state index >= 15 is 0 Å². The highest BCUT2D eigenvalue weighted by Crippen LogP contribution is 2.26. The summed E-state index contributed by atoms with van der Waals surface area (Å²) < 4.78 is 16.1. The average Bonchev–Trinajstić information content (AvgIpc) is 2.42. The van der Waals surface area contributed by atoms with E-state index in [2.05, 4.69) is 12.2 Å². The molecule has 0 aromatic heterocycles. The molecule has 1 saturated heterocycles. The normalized spacial score (nSPS) is 16.1. The number of carbonyl (C=O) groups is 1. The van der Waals surface area contributed by atoms with E-state index in [1.165, 1.54) is 0 Å². The maximum absolute atomic E-state index is 11.8. The van der Waals surface area contributed by atoms with Crippen molar-refractivity contribution in [1.82, 2.24) is 5.32 Å². The van der Waals surface area contributed by atoms with Crippen molar-refractivity contribution in [2.24, 2.45) is 5.41 Å². The average molecular weight is 279 g/mol. The molecule has 1 aliphatic heterocycles. The molecule has 0 unspecified atom stereocenters. The van der Waals surface area contributed by atoms with Crippen molar-refractivity contribution < 1.29 is 19.0 Å². The van der Waals surface area contributed by atoms with Crippen LogP contribution in [0.3, 0.4) is 0 Å². The van der Waals surface area contributed by atoms with Gasteiger partial charge >= 0.3 is 0 Å². The first-order chi connectivity index (χ1) is 9.63. The highest BCUT2D eigenvalue weighted by molar-refractivity contribution is 5.77. The zero-order valence-electron chi connectivity index (χ0n) is 12.0. The van der Waals surface area contributed by atoms with Crippen LogP contribution in [0.4, 0.5) is 0 Å². The molecule has 1 amide bonds. The summed E-state index contributed by atoms with van der Waals surface area (Å²) in [6.07, 6.45) is 0. The van der Waals surface area contributed by atoms with Crippen LogP contribution in [-0.4, -0.2) is 38.9 Å². The van der Waals surface area contributed by atoms with Crippen LogP contribution in [0, 0.1) is 5.41 Å². The number of carbonyl (C=O) groups excluding carboxylic acids is 1. The Morgan fingerprint density at radius 1 is 1.30 bits per heavy atom. The Morgan fingerprint density at radius 3 is 2.50 bits per heavy atom. The summed E-state index contributed by atoms with van der Waals surface area (Å²) in [5.74, 6) is 1.11. The predicted molar refractivity (Wildman–Crippen MR) is 75.0 cm³/mol. The smallest absolute Gasteiger partial charge is 0.257 e. The molecule has 0 radical (unpaired) electrons. The standard InChI is InChI=1S/C15H21NO4/c1-3-19-12-6-4-5-7-13(12)20-8-14(17)16-9-15(2)10-18-11-15/h4-7H,3,8-11H2,1-2H3,(H,16,17). The van der Waals surface area contributed by atoms with Crippen LogP contribution < -0.4 is 14.8 Å². The minimum atomic E-state index is -0.135. The highest BCUT2D eigenvalue weighted by atomic mass is 16.5. The summed E-state index contributed by atoms with van der Waals surface area (Å²) in [4.78, 5) is 11.8. The Kier molecular flexibility index (Phi) is 4.84. The van der Waals surface area contributed by atoms with Crippen molar-refractivity contribution in [3.8, 4) is 11.5 Å². The third-order valence-corrected chi connectivity index (χ3v) is 3.12. The Morgan fingerprint density at radius 2 is 1.95 bits per heavy atom. The molecule has 1 fully saturated rings. The minimum absolute atomic E-state index is 0.0129. The van der Waals surface area contributed by atoms with Gasteiger partial charge in [-0.25, -0.2) is 0 Å². The molecule has 0 saturated carbocycles. The molecule has 20 heavy (non-hydrogen) atoms. The summed E-state index contributed by atoms with van der Waals surface area (Å²) in [5.41, 5.74) is 0.0683. The van der Waals surface area contributed by atoms with Gasteiger partial charge in [0.25, 0.3) is 5.91 Å². The quantitative estimate of drug-likeness (QED) is 0.824. The number of rotatable bonds is 7. The van der Waals surface area contributed by atoms with E-state index in [-0.39, 0.29) is 17.9 Å². The van der Waals surface area contributed by atoms with Gasteiger partial charge < -0.3 is 19.5 Å². The number of hydrogen-bond acceptors (Lipinski definition) is 4. The number of hydrogen-bond donors (Lipinski definition) is 1. The fraction of sp³-hybridized carbons (Fsp3) is 0.533. The maximum Gasteiger partial charge on any atom is 0.257 e. The second kappa shape index (κ2) is 6.61. The van der Waals surface area contributed by atoms with Crippen molar-refractivity contribution in [1.29, 1.82) is 0 Å². The van der Waals surface area contributed by atoms with Gasteiger partial charge in [-0.05, 0) is 19.1 Å². The number of amides is 1. The topological polar surface area (TPSA) is 56.8 Å². The molecule has 5 nitrogen and oxygen atoms in total. The van der Waals surface area contributed by atoms with Crippen LogP contribution in [0.2, 0.25) is 0 Å². The van der Waals surface area contributed by atoms with E-state index in [1.54, 1.807) is 6.07 Å². The van der Waals surface area contributed by atoms with Crippen LogP contribution in [0.25, 0.3) is 0 Å². The monoisotopic (exact) mass is 279 g/mol. The first-order valence-corrected chi connectivity index (χ1v) is 6.82. The molecule has 1 aromatic rings. The summed E-state index contributed by atoms with van der Waals surface area (Å²) in [6, 6.07) is 7.33. The van der Waals surface area contributed by atoms with Crippen molar-refractivity contribution >= 4 is 5.91 Å². The molecule has 1 aromatic carbocycles. The van der Waals surface area contributed by atoms with E-state index in [0.29, 0.717) is 37.9 Å². The summed E-state index contributed by atoms with van der Waals surface area (Å²) in [6.45, 7) is 6.55. The largest absolute Gasteiger partial charge is 0.490 e. The summed E-state index contributed by atoms with van der Waals surface area (Å²) >= 11 is 0. The number of benzene rings is 1. The lowest BCUT2D eigenvalue weighted by molar-refractivity contribution is -0.128. The van der Waals surface area contributed by atoms with Crippen molar-refractivity contribution in [3.05, 3.63) is 24.3 Å². The van der Waals surface area contributed by atoms with Gasteiger partial charge in [0.15, 0.2) is 18.1 Å². The Balaban J connectivity index is 1.78. The van der Waals surface area contributed by atoms with Gasteiger partial charge in [0, 0.05) is 12.0 Å². The molecule has 0 aliphatic carbocycles. The Hall–Kier alpha value is -1.75. The number of ether oxygens (including phenoxy) is 3. The van der Waals surface area contributed by atoms with Crippen molar-refractivity contribution in [2.75, 3.05) is 33.0 Å². The molecule has 1 heterocycles. The highest BCUT2D eigenvalue weighted by Gasteiger charge is 2.33. The molecular formula is C15H21NO4. The van der Waals surface area contributed by atoms with Gasteiger partial charge in [-0.3, -0.25) is 4.79 Å². The fourth-order valence-corrected chi connectivity index (χ4v) is 1.90. The third kappa shape index (κ3) is 3.87. The van der Waals surface area contributed by atoms with Gasteiger partial charge in [0.2, 0.25) is 0 Å². The lowest BCUT2D eigenvalue weighted by atomic mass is 9.89. The van der Waals surface area contributed by atoms with Crippen LogP contribution in [0.15, 0.2) is 24.3 Å². The molecule has 0 spiro atoms. The molecule has 110 valence electrons. The molecule has 5 heteroatoms. The van der Waals surface area contributed by atoms with Crippen LogP contribution >= 0.6 is 0 Å². The second-order valence-corrected chi connectivity index (χ2v) is 5.25. The zero-order valence-corrected chi connectivity index (χ0v) is 12.0. The molecular weight excluding hydrogens is 258 g/mol. The maximum atomic E-state index is 11.8. The minimum Gasteiger partial charge on any atom is -0.490 e. The van der Waals surface area contributed by atoms with E-state index in [0.717, 1.165) is 0 Å². The first kappa shape index (κ1) is 14.7.